The van der Waals surface area contributed by atoms with Gasteiger partial charge in [-0.15, -0.1) is 0 Å². The fourth-order valence-electron chi connectivity index (χ4n) is 2.29. The van der Waals surface area contributed by atoms with Crippen LogP contribution in [0.5, 0.6) is 0 Å². The van der Waals surface area contributed by atoms with Gasteiger partial charge >= 0.3 is 0 Å². The van der Waals surface area contributed by atoms with Gasteiger partial charge in [0.1, 0.15) is 0 Å². The number of nitrogens with one attached hydrogen (secondary N) is 1. The summed E-state index contributed by atoms with van der Waals surface area (Å²) in [7, 11) is 4.19. The maximum absolute atomic E-state index is 7.75. The minimum absolute atomic E-state index is 0. The largest absolute Gasteiger partial charge is 0.545 e. The molecule has 1 heterocycles. The average Bonchev–Trinajstić information content (AvgIpc) is 2.52. The fourth-order valence-corrected chi connectivity index (χ4v) is 2.29. The molecule has 0 spiro atoms. The molecular formula is C16H27N2OY-. The van der Waals surface area contributed by atoms with Crippen molar-refractivity contribution in [2.75, 3.05) is 32.5 Å². The van der Waals surface area contributed by atoms with Gasteiger partial charge in [-0.05, 0) is 56.6 Å². The Bertz CT molecular complexity index is 339. The third-order valence-corrected chi connectivity index (χ3v) is 3.37. The molecule has 0 atom stereocenters. The summed E-state index contributed by atoms with van der Waals surface area (Å²) >= 11 is 0. The van der Waals surface area contributed by atoms with Crippen LogP contribution in [0, 0.1) is 0 Å². The number of likely N-dealkylation sites (tertiary alicyclic amines) is 1. The molecule has 2 rings (SSSR count). The number of nitrogens with zero attached hydrogens (tertiary/aromatic N) is 1. The first-order valence-corrected chi connectivity index (χ1v) is 6.99. The SMILES string of the molecule is CC.CNc1cccc(C2CCN(C)CC2)c1.[CH-]=O.[Y]. The third-order valence-electron chi connectivity index (χ3n) is 3.37. The van der Waals surface area contributed by atoms with E-state index in [1.807, 2.05) is 20.9 Å². The van der Waals surface area contributed by atoms with E-state index in [-0.39, 0.29) is 32.7 Å². The number of piperidine rings is 1. The first-order chi connectivity index (χ1) is 9.29. The summed E-state index contributed by atoms with van der Waals surface area (Å²) in [5, 5.41) is 3.20. The van der Waals surface area contributed by atoms with Gasteiger partial charge in [-0.3, -0.25) is 6.79 Å². The molecule has 20 heavy (non-hydrogen) atoms. The number of benzene rings is 1. The van der Waals surface area contributed by atoms with Crippen molar-refractivity contribution in [3.8, 4) is 0 Å². The normalized spacial score (nSPS) is 14.8. The predicted molar refractivity (Wildman–Crippen MR) is 83.6 cm³/mol. The molecule has 111 valence electrons. The van der Waals surface area contributed by atoms with Gasteiger partial charge < -0.3 is 15.0 Å². The van der Waals surface area contributed by atoms with Crippen LogP contribution in [0.1, 0.15) is 38.2 Å². The van der Waals surface area contributed by atoms with E-state index in [4.69, 9.17) is 4.79 Å². The van der Waals surface area contributed by atoms with E-state index < -0.39 is 0 Å². The molecule has 0 aromatic heterocycles. The van der Waals surface area contributed by atoms with Gasteiger partial charge in [0.15, 0.2) is 0 Å². The zero-order chi connectivity index (χ0) is 14.7. The van der Waals surface area contributed by atoms with Gasteiger partial charge in [0.25, 0.3) is 0 Å². The monoisotopic (exact) mass is 352 g/mol. The molecule has 0 unspecified atom stereocenters. The molecule has 1 fully saturated rings. The van der Waals surface area contributed by atoms with Crippen molar-refractivity contribution >= 4 is 12.5 Å². The number of anilines is 1. The minimum Gasteiger partial charge on any atom is -0.545 e. The minimum atomic E-state index is 0. The Labute approximate surface area is 149 Å². The van der Waals surface area contributed by atoms with Crippen LogP contribution in [0.15, 0.2) is 24.3 Å². The van der Waals surface area contributed by atoms with Crippen LogP contribution in [-0.4, -0.2) is 38.9 Å². The van der Waals surface area contributed by atoms with Gasteiger partial charge in [-0.1, -0.05) is 26.0 Å². The smallest absolute Gasteiger partial charge is 0.0340 e. The predicted octanol–water partition coefficient (Wildman–Crippen LogP) is 3.29. The number of hydrogen-bond acceptors (Lipinski definition) is 3. The quantitative estimate of drug-likeness (QED) is 0.655. The van der Waals surface area contributed by atoms with Gasteiger partial charge in [0.05, 0.1) is 0 Å². The number of rotatable bonds is 2. The van der Waals surface area contributed by atoms with Crippen LogP contribution in [0.3, 0.4) is 0 Å². The molecule has 0 amide bonds. The van der Waals surface area contributed by atoms with Crippen LogP contribution in [0.2, 0.25) is 0 Å². The first kappa shape index (κ1) is 22.0. The van der Waals surface area contributed by atoms with E-state index >= 15 is 0 Å². The second-order valence-corrected chi connectivity index (χ2v) is 4.45. The molecule has 1 saturated heterocycles. The Balaban J connectivity index is 0. The van der Waals surface area contributed by atoms with Gasteiger partial charge in [0, 0.05) is 45.4 Å². The molecule has 3 nitrogen and oxygen atoms in total. The Kier molecular flexibility index (Phi) is 15.1. The Morgan fingerprint density at radius 2 is 1.75 bits per heavy atom. The van der Waals surface area contributed by atoms with E-state index in [1.165, 1.54) is 37.2 Å². The standard InChI is InChI=1S/C13H20N2.C2H6.CHO.Y/c1-14-13-5-3-4-12(10-13)11-6-8-15(2)9-7-11;2*1-2;/h3-5,10-11,14H,6-9H2,1-2H3;1-2H3;1H;/q;;-1;. The molecule has 1 N–H and O–H groups in total. The van der Waals surface area contributed by atoms with Crippen molar-refractivity contribution in [3.63, 3.8) is 0 Å². The van der Waals surface area contributed by atoms with Crippen LogP contribution < -0.4 is 5.32 Å². The van der Waals surface area contributed by atoms with Crippen LogP contribution >= 0.6 is 0 Å². The van der Waals surface area contributed by atoms with E-state index in [1.54, 1.807) is 0 Å². The third kappa shape index (κ3) is 7.51. The average molecular weight is 352 g/mol. The van der Waals surface area contributed by atoms with E-state index in [9.17, 15) is 0 Å². The molecule has 0 bridgehead atoms. The maximum atomic E-state index is 7.75. The van der Waals surface area contributed by atoms with Crippen molar-refractivity contribution in [2.45, 2.75) is 32.6 Å². The fraction of sp³-hybridized carbons (Fsp3) is 0.562. The molecule has 1 radical (unpaired) electrons. The second-order valence-electron chi connectivity index (χ2n) is 4.45. The summed E-state index contributed by atoms with van der Waals surface area (Å²) in [5.74, 6) is 0.759. The van der Waals surface area contributed by atoms with Crippen molar-refractivity contribution in [3.05, 3.63) is 29.8 Å². The van der Waals surface area contributed by atoms with Crippen molar-refractivity contribution in [2.24, 2.45) is 0 Å². The van der Waals surface area contributed by atoms with Gasteiger partial charge in [0.2, 0.25) is 0 Å². The summed E-state index contributed by atoms with van der Waals surface area (Å²) < 4.78 is 0. The van der Waals surface area contributed by atoms with E-state index in [2.05, 4.69) is 48.3 Å². The summed E-state index contributed by atoms with van der Waals surface area (Å²) in [4.78, 5) is 10.2. The zero-order valence-corrected chi connectivity index (χ0v) is 16.1. The maximum Gasteiger partial charge on any atom is 0.0340 e. The molecule has 4 heteroatoms. The molecule has 0 aliphatic carbocycles. The van der Waals surface area contributed by atoms with Crippen molar-refractivity contribution < 1.29 is 37.5 Å². The summed E-state index contributed by atoms with van der Waals surface area (Å²) in [6, 6.07) is 8.82. The summed E-state index contributed by atoms with van der Waals surface area (Å²) in [6.45, 7) is 9.71. The Morgan fingerprint density at radius 3 is 2.25 bits per heavy atom. The topological polar surface area (TPSA) is 32.3 Å². The summed E-state index contributed by atoms with van der Waals surface area (Å²) in [6.07, 6.45) is 2.59. The van der Waals surface area contributed by atoms with Crippen LogP contribution in [0.25, 0.3) is 0 Å². The molecule has 1 aromatic rings. The zero-order valence-electron chi connectivity index (χ0n) is 13.2. The van der Waals surface area contributed by atoms with Crippen LogP contribution in [0.4, 0.5) is 5.69 Å². The Morgan fingerprint density at radius 1 is 1.20 bits per heavy atom. The second kappa shape index (κ2) is 13.7. The van der Waals surface area contributed by atoms with Crippen LogP contribution in [-0.2, 0) is 37.5 Å². The van der Waals surface area contributed by atoms with Gasteiger partial charge in [-0.2, -0.15) is 0 Å². The van der Waals surface area contributed by atoms with E-state index in [0.29, 0.717) is 0 Å². The van der Waals surface area contributed by atoms with E-state index in [0.717, 1.165) is 5.92 Å². The van der Waals surface area contributed by atoms with Crippen molar-refractivity contribution in [1.82, 2.24) is 4.90 Å². The molecular weight excluding hydrogens is 325 g/mol. The Hall–Kier alpha value is -0.246. The molecule has 1 aliphatic heterocycles. The molecule has 0 saturated carbocycles. The number of carbonyl (C=O) groups excluding carboxylic acids is 1. The molecule has 1 aromatic carbocycles. The van der Waals surface area contributed by atoms with Crippen molar-refractivity contribution in [1.29, 1.82) is 0 Å². The van der Waals surface area contributed by atoms with Gasteiger partial charge in [-0.25, -0.2) is 0 Å². The number of hydrogen-bond donors (Lipinski definition) is 1. The summed E-state index contributed by atoms with van der Waals surface area (Å²) in [5.41, 5.74) is 2.72. The first-order valence-electron chi connectivity index (χ1n) is 6.99. The molecule has 1 aliphatic rings.